The Morgan fingerprint density at radius 3 is 2.31 bits per heavy atom. The molecule has 0 radical (unpaired) electrons. The Hall–Kier alpha value is -3.98. The second-order valence-corrected chi connectivity index (χ2v) is 8.16. The Balaban J connectivity index is 1.85. The number of aromatic nitrogens is 1. The monoisotopic (exact) mass is 517 g/mol. The normalized spacial score (nSPS) is 11.5. The van der Waals surface area contributed by atoms with E-state index < -0.39 is 23.7 Å². The summed E-state index contributed by atoms with van der Waals surface area (Å²) in [7, 11) is 0. The third-order valence-corrected chi connectivity index (χ3v) is 5.59. The summed E-state index contributed by atoms with van der Waals surface area (Å²) >= 11 is 6.17. The number of alkyl halides is 3. The van der Waals surface area contributed by atoms with Gasteiger partial charge in [0.05, 0.1) is 29.7 Å². The van der Waals surface area contributed by atoms with Crippen LogP contribution in [0.2, 0.25) is 5.02 Å². The van der Waals surface area contributed by atoms with E-state index >= 15 is 0 Å². The molecule has 36 heavy (non-hydrogen) atoms. The third-order valence-electron chi connectivity index (χ3n) is 5.35. The Labute approximate surface area is 208 Å². The highest BCUT2D eigenvalue weighted by atomic mass is 35.5. The van der Waals surface area contributed by atoms with Crippen LogP contribution in [0.15, 0.2) is 66.7 Å². The van der Waals surface area contributed by atoms with Crippen LogP contribution in [-0.4, -0.2) is 28.2 Å². The molecule has 1 heterocycles. The van der Waals surface area contributed by atoms with Crippen molar-refractivity contribution in [3.63, 3.8) is 0 Å². The number of rotatable bonds is 7. The average molecular weight is 518 g/mol. The number of aromatic carboxylic acids is 1. The van der Waals surface area contributed by atoms with Crippen molar-refractivity contribution in [1.82, 2.24) is 4.57 Å². The fourth-order valence-electron chi connectivity index (χ4n) is 3.90. The van der Waals surface area contributed by atoms with Gasteiger partial charge in [0, 0.05) is 21.8 Å². The molecule has 3 aromatic carbocycles. The Kier molecular flexibility index (Phi) is 6.94. The number of carboxylic acid groups (broad SMARTS) is 1. The molecule has 0 amide bonds. The molecule has 0 spiro atoms. The van der Waals surface area contributed by atoms with Crippen LogP contribution in [0.1, 0.15) is 28.5 Å². The van der Waals surface area contributed by atoms with Crippen LogP contribution in [0.5, 0.6) is 11.5 Å². The van der Waals surface area contributed by atoms with Gasteiger partial charge in [-0.1, -0.05) is 17.7 Å². The second kappa shape index (κ2) is 9.94. The zero-order chi connectivity index (χ0) is 26.0. The van der Waals surface area contributed by atoms with Gasteiger partial charge >= 0.3 is 18.1 Å². The zero-order valence-electron chi connectivity index (χ0n) is 18.8. The molecule has 186 valence electrons. The van der Waals surface area contributed by atoms with Crippen molar-refractivity contribution in [1.29, 1.82) is 0 Å². The van der Waals surface area contributed by atoms with Gasteiger partial charge in [-0.2, -0.15) is 13.2 Å². The zero-order valence-corrected chi connectivity index (χ0v) is 19.6. The molecular weight excluding hydrogens is 499 g/mol. The maximum absolute atomic E-state index is 12.8. The van der Waals surface area contributed by atoms with Gasteiger partial charge < -0.3 is 19.1 Å². The molecule has 1 aromatic heterocycles. The highest BCUT2D eigenvalue weighted by molar-refractivity contribution is 6.30. The summed E-state index contributed by atoms with van der Waals surface area (Å²) in [5, 5.41) is 10.8. The van der Waals surface area contributed by atoms with Crippen LogP contribution >= 0.6 is 11.6 Å². The minimum atomic E-state index is -4.48. The summed E-state index contributed by atoms with van der Waals surface area (Å²) in [5.41, 5.74) is 0.242. The largest absolute Gasteiger partial charge is 0.478 e. The highest BCUT2D eigenvalue weighted by Gasteiger charge is 2.30. The number of nitrogens with zero attached hydrogens (tertiary/aromatic N) is 1. The van der Waals surface area contributed by atoms with Crippen LogP contribution in [-0.2, 0) is 22.1 Å². The summed E-state index contributed by atoms with van der Waals surface area (Å²) in [4.78, 5) is 24.7. The first-order chi connectivity index (χ1) is 17.1. The van der Waals surface area contributed by atoms with Crippen molar-refractivity contribution in [3.8, 4) is 17.2 Å². The first-order valence-corrected chi connectivity index (χ1v) is 11.1. The molecule has 0 saturated carbocycles. The predicted octanol–water partition coefficient (Wildman–Crippen LogP) is 6.90. The molecule has 0 atom stereocenters. The van der Waals surface area contributed by atoms with Gasteiger partial charge in [0.15, 0.2) is 0 Å². The van der Waals surface area contributed by atoms with E-state index in [4.69, 9.17) is 21.1 Å². The lowest BCUT2D eigenvalue weighted by Gasteiger charge is -2.12. The fourth-order valence-corrected chi connectivity index (χ4v) is 4.08. The molecule has 1 N–H and O–H groups in total. The van der Waals surface area contributed by atoms with Crippen LogP contribution in [0.25, 0.3) is 16.6 Å². The van der Waals surface area contributed by atoms with E-state index in [1.807, 2.05) is 0 Å². The molecule has 0 aliphatic heterocycles. The van der Waals surface area contributed by atoms with Crippen molar-refractivity contribution >= 4 is 34.4 Å². The second-order valence-electron chi connectivity index (χ2n) is 7.73. The number of esters is 1. The summed E-state index contributed by atoms with van der Waals surface area (Å²) in [6, 6.07) is 15.5. The van der Waals surface area contributed by atoms with E-state index in [9.17, 15) is 27.9 Å². The van der Waals surface area contributed by atoms with Gasteiger partial charge in [0.2, 0.25) is 0 Å². The predicted molar refractivity (Wildman–Crippen MR) is 127 cm³/mol. The Morgan fingerprint density at radius 1 is 1.00 bits per heavy atom. The van der Waals surface area contributed by atoms with E-state index in [2.05, 4.69) is 0 Å². The summed E-state index contributed by atoms with van der Waals surface area (Å²) in [6.07, 6.45) is -4.79. The number of ether oxygens (including phenoxy) is 2. The van der Waals surface area contributed by atoms with Crippen molar-refractivity contribution in [2.45, 2.75) is 19.5 Å². The van der Waals surface area contributed by atoms with Gasteiger partial charge in [0.25, 0.3) is 0 Å². The molecule has 10 heteroatoms. The van der Waals surface area contributed by atoms with Crippen molar-refractivity contribution in [2.24, 2.45) is 0 Å². The number of halogens is 4. The molecule has 0 aliphatic rings. The maximum atomic E-state index is 12.8. The smallest absolute Gasteiger partial charge is 0.416 e. The molecule has 4 rings (SSSR count). The lowest BCUT2D eigenvalue weighted by molar-refractivity contribution is -0.142. The molecule has 0 aliphatic carbocycles. The van der Waals surface area contributed by atoms with Crippen LogP contribution in [0.3, 0.4) is 0 Å². The molecule has 0 unspecified atom stereocenters. The van der Waals surface area contributed by atoms with Gasteiger partial charge in [-0.15, -0.1) is 0 Å². The molecular formula is C26H19ClF3NO5. The summed E-state index contributed by atoms with van der Waals surface area (Å²) in [6.45, 7) is 1.77. The van der Waals surface area contributed by atoms with Gasteiger partial charge in [-0.3, -0.25) is 4.79 Å². The number of fused-ring (bicyclic) bond motifs is 1. The van der Waals surface area contributed by atoms with E-state index in [-0.39, 0.29) is 41.2 Å². The number of hydrogen-bond acceptors (Lipinski definition) is 4. The molecule has 6 nitrogen and oxygen atoms in total. The van der Waals surface area contributed by atoms with Crippen LogP contribution in [0, 0.1) is 0 Å². The SMILES string of the molecule is CCOC(=O)Cc1c(C(=O)O)c2cc(Oc3ccc(C(F)(F)F)cc3)ccc2n1-c1cccc(Cl)c1. The minimum absolute atomic E-state index is 0.129. The van der Waals surface area contributed by atoms with Gasteiger partial charge in [0.1, 0.15) is 11.5 Å². The van der Waals surface area contributed by atoms with E-state index in [1.165, 1.54) is 18.2 Å². The number of benzene rings is 3. The average Bonchev–Trinajstić information content (AvgIpc) is 3.12. The molecule has 0 fully saturated rings. The van der Waals surface area contributed by atoms with Crippen LogP contribution < -0.4 is 4.74 Å². The van der Waals surface area contributed by atoms with E-state index in [1.54, 1.807) is 47.9 Å². The quantitative estimate of drug-likeness (QED) is 0.270. The first kappa shape index (κ1) is 25.1. The topological polar surface area (TPSA) is 77.8 Å². The number of carbonyl (C=O) groups is 2. The van der Waals surface area contributed by atoms with Crippen molar-refractivity contribution in [2.75, 3.05) is 6.61 Å². The van der Waals surface area contributed by atoms with Gasteiger partial charge in [-0.05, 0) is 67.6 Å². The summed E-state index contributed by atoms with van der Waals surface area (Å²) in [5.74, 6) is -1.53. The van der Waals surface area contributed by atoms with Gasteiger partial charge in [-0.25, -0.2) is 4.79 Å². The van der Waals surface area contributed by atoms with E-state index in [0.29, 0.717) is 16.2 Å². The van der Waals surface area contributed by atoms with Crippen molar-refractivity contribution in [3.05, 3.63) is 88.6 Å². The fraction of sp³-hybridized carbons (Fsp3) is 0.154. The molecule has 4 aromatic rings. The van der Waals surface area contributed by atoms with E-state index in [0.717, 1.165) is 12.1 Å². The highest BCUT2D eigenvalue weighted by Crippen LogP contribution is 2.36. The number of carbonyl (C=O) groups excluding carboxylic acids is 1. The molecule has 0 bridgehead atoms. The summed E-state index contributed by atoms with van der Waals surface area (Å²) < 4.78 is 50.9. The lowest BCUT2D eigenvalue weighted by Crippen LogP contribution is -2.14. The minimum Gasteiger partial charge on any atom is -0.478 e. The Bertz CT molecular complexity index is 1440. The van der Waals surface area contributed by atoms with Crippen LogP contribution in [0.4, 0.5) is 13.2 Å². The first-order valence-electron chi connectivity index (χ1n) is 10.8. The van der Waals surface area contributed by atoms with Crippen molar-refractivity contribution < 1.29 is 37.3 Å². The number of hydrogen-bond donors (Lipinski definition) is 1. The lowest BCUT2D eigenvalue weighted by atomic mass is 10.1. The molecule has 0 saturated heterocycles. The number of carboxylic acids is 1. The Morgan fingerprint density at radius 2 is 1.69 bits per heavy atom. The third kappa shape index (κ3) is 5.16. The standard InChI is InChI=1S/C26H19ClF3NO5/c1-2-35-23(32)14-22-24(25(33)34)20-13-19(36-18-8-6-15(7-9-18)26(28,29)30)10-11-21(20)31(22)17-5-3-4-16(27)12-17/h3-13H,2,14H2,1H3,(H,33,34). The maximum Gasteiger partial charge on any atom is 0.416 e.